The van der Waals surface area contributed by atoms with E-state index in [0.717, 1.165) is 17.3 Å². The van der Waals surface area contributed by atoms with E-state index in [1.54, 1.807) is 84.9 Å². The summed E-state index contributed by atoms with van der Waals surface area (Å²) in [6.45, 7) is -0.127. The number of hydrogen-bond acceptors (Lipinski definition) is 8. The van der Waals surface area contributed by atoms with Crippen LogP contribution in [-0.4, -0.2) is 39.8 Å². The monoisotopic (exact) mass is 620 g/mol. The van der Waals surface area contributed by atoms with Gasteiger partial charge in [-0.05, 0) is 102 Å². The van der Waals surface area contributed by atoms with Gasteiger partial charge in [-0.1, -0.05) is 23.2 Å². The topological polar surface area (TPSA) is 117 Å². The van der Waals surface area contributed by atoms with Crippen LogP contribution in [0, 0.1) is 0 Å². The third kappa shape index (κ3) is 7.61. The molecule has 0 spiro atoms. The van der Waals surface area contributed by atoms with Gasteiger partial charge in [0.15, 0.2) is 11.8 Å². The maximum atomic E-state index is 13.5. The number of rotatable bonds is 9. The first-order chi connectivity index (χ1) is 20.3. The molecule has 1 saturated heterocycles. The lowest BCUT2D eigenvalue weighted by atomic mass is 10.2. The van der Waals surface area contributed by atoms with Crippen molar-refractivity contribution in [3.8, 4) is 11.5 Å². The Bertz CT molecular complexity index is 1670. The van der Waals surface area contributed by atoms with Gasteiger partial charge in [0.1, 0.15) is 17.3 Å². The van der Waals surface area contributed by atoms with Gasteiger partial charge < -0.3 is 19.6 Å². The molecule has 42 heavy (non-hydrogen) atoms. The zero-order valence-corrected chi connectivity index (χ0v) is 24.1. The van der Waals surface area contributed by atoms with Gasteiger partial charge in [0.2, 0.25) is 0 Å². The molecule has 1 aliphatic rings. The first-order valence-electron chi connectivity index (χ1n) is 12.5. The predicted octanol–water partition coefficient (Wildman–Crippen LogP) is 6.82. The summed E-state index contributed by atoms with van der Waals surface area (Å²) < 4.78 is 11.2. The highest BCUT2D eigenvalue weighted by atomic mass is 35.5. The molecule has 5 rings (SSSR count). The molecule has 2 amide bonds. The lowest BCUT2D eigenvalue weighted by Gasteiger charge is -2.13. The lowest BCUT2D eigenvalue weighted by Crippen LogP contribution is -2.28. The molecule has 4 aromatic rings. The summed E-state index contributed by atoms with van der Waals surface area (Å²) >= 11 is 13.3. The summed E-state index contributed by atoms with van der Waals surface area (Å²) in [5.41, 5.74) is 1.81. The van der Waals surface area contributed by atoms with Gasteiger partial charge in [0.25, 0.3) is 11.8 Å². The van der Waals surface area contributed by atoms with Crippen LogP contribution in [0.1, 0.15) is 16.9 Å². The molecular formula is C30H22Cl2N4O5S. The lowest BCUT2D eigenvalue weighted by molar-refractivity contribution is -0.122. The quantitative estimate of drug-likeness (QED) is 0.120. The molecule has 0 atom stereocenters. The fraction of sp³-hybridized carbons (Fsp3) is 0.0667. The van der Waals surface area contributed by atoms with Gasteiger partial charge in [0, 0.05) is 21.3 Å². The number of carbonyl (C=O) groups is 2. The van der Waals surface area contributed by atoms with Crippen molar-refractivity contribution in [2.24, 2.45) is 10.2 Å². The Morgan fingerprint density at radius 3 is 2.55 bits per heavy atom. The van der Waals surface area contributed by atoms with Crippen LogP contribution >= 0.6 is 35.0 Å². The highest BCUT2D eigenvalue weighted by Gasteiger charge is 2.34. The number of nitrogens with zero attached hydrogens (tertiary/aromatic N) is 3. The van der Waals surface area contributed by atoms with Crippen molar-refractivity contribution in [3.05, 3.63) is 117 Å². The summed E-state index contributed by atoms with van der Waals surface area (Å²) in [6.07, 6.45) is 4.67. The van der Waals surface area contributed by atoms with Crippen LogP contribution in [0.5, 0.6) is 11.5 Å². The number of carbonyl (C=O) groups excluding carboxylic acids is 2. The normalized spacial score (nSPS) is 15.2. The molecule has 0 aliphatic carbocycles. The Kier molecular flexibility index (Phi) is 9.28. The molecule has 3 aromatic carbocycles. The second kappa shape index (κ2) is 13.4. The SMILES string of the molecule is O=C(COc1ccc(Cl)cc1/C=C1\S/C(=N/N=C\c2ccc(O)cc2)N(Cc2ccco2)C1=O)Nc1ccc(Cl)cc1. The molecule has 1 aliphatic heterocycles. The fourth-order valence-corrected chi connectivity index (χ4v) is 5.00. The number of phenols is 1. The Balaban J connectivity index is 1.36. The second-order valence-electron chi connectivity index (χ2n) is 8.83. The minimum absolute atomic E-state index is 0.140. The number of phenolic OH excluding ortho intramolecular Hbond substituents is 1. The van der Waals surface area contributed by atoms with E-state index in [0.29, 0.717) is 42.9 Å². The number of amidine groups is 1. The standard InChI is InChI=1S/C30H22Cl2N4O5S/c31-21-5-8-23(9-6-21)34-28(38)18-41-26-12-7-22(32)14-20(26)15-27-29(39)36(17-25-2-1-13-40-25)30(42-27)35-33-16-19-3-10-24(37)11-4-19/h1-16,37H,17-18H2,(H,34,38)/b27-15-,33-16-,35-30+. The molecule has 12 heteroatoms. The first kappa shape index (κ1) is 29.0. The molecule has 1 aromatic heterocycles. The average Bonchev–Trinajstić information content (AvgIpc) is 3.59. The third-order valence-corrected chi connectivity index (χ3v) is 7.25. The Morgan fingerprint density at radius 2 is 1.81 bits per heavy atom. The van der Waals surface area contributed by atoms with E-state index in [1.165, 1.54) is 17.4 Å². The van der Waals surface area contributed by atoms with E-state index in [4.69, 9.17) is 32.4 Å². The molecule has 9 nitrogen and oxygen atoms in total. The molecule has 2 N–H and O–H groups in total. The molecule has 2 heterocycles. The van der Waals surface area contributed by atoms with E-state index in [9.17, 15) is 14.7 Å². The predicted molar refractivity (Wildman–Crippen MR) is 165 cm³/mol. The number of anilines is 1. The minimum atomic E-state index is -0.372. The number of hydrogen-bond donors (Lipinski definition) is 2. The van der Waals surface area contributed by atoms with Crippen LogP contribution in [0.2, 0.25) is 10.0 Å². The number of ether oxygens (including phenoxy) is 1. The minimum Gasteiger partial charge on any atom is -0.508 e. The van der Waals surface area contributed by atoms with Crippen molar-refractivity contribution in [3.63, 3.8) is 0 Å². The van der Waals surface area contributed by atoms with Crippen LogP contribution in [-0.2, 0) is 16.1 Å². The van der Waals surface area contributed by atoms with Crippen LogP contribution in [0.15, 0.2) is 105 Å². The molecule has 212 valence electrons. The number of halogens is 2. The summed E-state index contributed by atoms with van der Waals surface area (Å²) in [7, 11) is 0. The third-order valence-electron chi connectivity index (χ3n) is 5.77. The second-order valence-corrected chi connectivity index (χ2v) is 10.7. The average molecular weight is 622 g/mol. The van der Waals surface area contributed by atoms with Crippen molar-refractivity contribution in [2.45, 2.75) is 6.54 Å². The van der Waals surface area contributed by atoms with Crippen molar-refractivity contribution in [1.29, 1.82) is 0 Å². The molecule has 0 bridgehead atoms. The van der Waals surface area contributed by atoms with Crippen LogP contribution in [0.3, 0.4) is 0 Å². The summed E-state index contributed by atoms with van der Waals surface area (Å²) in [4.78, 5) is 27.8. The molecule has 1 fully saturated rings. The van der Waals surface area contributed by atoms with E-state index < -0.39 is 0 Å². The Morgan fingerprint density at radius 1 is 1.05 bits per heavy atom. The zero-order chi connectivity index (χ0) is 29.5. The summed E-state index contributed by atoms with van der Waals surface area (Å²) in [5, 5.41) is 22.0. The molecular weight excluding hydrogens is 599 g/mol. The first-order valence-corrected chi connectivity index (χ1v) is 14.0. The van der Waals surface area contributed by atoms with Crippen LogP contribution in [0.25, 0.3) is 6.08 Å². The number of amides is 2. The van der Waals surface area contributed by atoms with Crippen molar-refractivity contribution in [1.82, 2.24) is 4.90 Å². The Hall–Kier alpha value is -4.51. The smallest absolute Gasteiger partial charge is 0.267 e. The van der Waals surface area contributed by atoms with Gasteiger partial charge in [-0.3, -0.25) is 14.5 Å². The molecule has 0 radical (unpaired) electrons. The van der Waals surface area contributed by atoms with Gasteiger partial charge in [0.05, 0.1) is 23.9 Å². The Labute approximate surface area is 255 Å². The molecule has 0 saturated carbocycles. The number of benzene rings is 3. The van der Waals surface area contributed by atoms with Crippen LogP contribution in [0.4, 0.5) is 5.69 Å². The van der Waals surface area contributed by atoms with Crippen molar-refractivity contribution < 1.29 is 23.8 Å². The van der Waals surface area contributed by atoms with Gasteiger partial charge in [-0.25, -0.2) is 0 Å². The van der Waals surface area contributed by atoms with Crippen molar-refractivity contribution >= 4 is 69.9 Å². The van der Waals surface area contributed by atoms with Crippen LogP contribution < -0.4 is 10.1 Å². The summed E-state index contributed by atoms with van der Waals surface area (Å²) in [6, 6.07) is 21.6. The van der Waals surface area contributed by atoms with E-state index in [2.05, 4.69) is 15.5 Å². The number of nitrogens with one attached hydrogen (secondary N) is 1. The van der Waals surface area contributed by atoms with Gasteiger partial charge in [-0.15, -0.1) is 5.10 Å². The van der Waals surface area contributed by atoms with Gasteiger partial charge in [-0.2, -0.15) is 5.10 Å². The van der Waals surface area contributed by atoms with E-state index in [-0.39, 0.29) is 30.7 Å². The largest absolute Gasteiger partial charge is 0.508 e. The fourth-order valence-electron chi connectivity index (χ4n) is 3.76. The maximum absolute atomic E-state index is 13.5. The maximum Gasteiger partial charge on any atom is 0.267 e. The zero-order valence-electron chi connectivity index (χ0n) is 21.7. The van der Waals surface area contributed by atoms with E-state index in [1.807, 2.05) is 0 Å². The highest BCUT2D eigenvalue weighted by molar-refractivity contribution is 8.18. The molecule has 0 unspecified atom stereocenters. The van der Waals surface area contributed by atoms with Gasteiger partial charge >= 0.3 is 0 Å². The number of thioether (sulfide) groups is 1. The van der Waals surface area contributed by atoms with Crippen molar-refractivity contribution in [2.75, 3.05) is 11.9 Å². The number of aromatic hydroxyl groups is 1. The summed E-state index contributed by atoms with van der Waals surface area (Å²) in [5.74, 6) is 0.379. The van der Waals surface area contributed by atoms with E-state index >= 15 is 0 Å². The highest BCUT2D eigenvalue weighted by Crippen LogP contribution is 2.36. The number of furan rings is 1.